The van der Waals surface area contributed by atoms with E-state index in [9.17, 15) is 9.59 Å². The van der Waals surface area contributed by atoms with Gasteiger partial charge in [-0.05, 0) is 36.8 Å². The number of aromatic nitrogens is 2. The molecule has 0 spiro atoms. The molecule has 0 saturated carbocycles. The molecule has 0 aliphatic rings. The molecular formula is C25H28N2O6. The topological polar surface area (TPSA) is 88.9 Å². The molecule has 1 aromatic heterocycles. The zero-order valence-electron chi connectivity index (χ0n) is 19.3. The molecule has 0 N–H and O–H groups in total. The molecule has 0 radical (unpaired) electrons. The van der Waals surface area contributed by atoms with Crippen LogP contribution in [0.3, 0.4) is 0 Å². The van der Waals surface area contributed by atoms with Crippen molar-refractivity contribution >= 4 is 11.9 Å². The Morgan fingerprint density at radius 3 is 2.27 bits per heavy atom. The summed E-state index contributed by atoms with van der Waals surface area (Å²) in [5, 5.41) is 4.61. The van der Waals surface area contributed by atoms with Crippen molar-refractivity contribution in [3.05, 3.63) is 59.8 Å². The van der Waals surface area contributed by atoms with Crippen LogP contribution in [-0.4, -0.2) is 49.7 Å². The molecule has 3 aromatic rings. The second kappa shape index (κ2) is 11.2. The molecule has 174 valence electrons. The first-order valence-corrected chi connectivity index (χ1v) is 10.7. The van der Waals surface area contributed by atoms with Crippen molar-refractivity contribution < 1.29 is 28.5 Å². The fourth-order valence-corrected chi connectivity index (χ4v) is 3.43. The summed E-state index contributed by atoms with van der Waals surface area (Å²) in [7, 11) is 4.07. The lowest BCUT2D eigenvalue weighted by Gasteiger charge is -2.12. The number of ether oxygens (including phenoxy) is 4. The minimum atomic E-state index is -0.706. The van der Waals surface area contributed by atoms with Gasteiger partial charge in [0.05, 0.1) is 33.6 Å². The molecule has 3 rings (SSSR count). The maximum absolute atomic E-state index is 12.8. The minimum Gasteiger partial charge on any atom is -0.493 e. The van der Waals surface area contributed by atoms with E-state index in [1.54, 1.807) is 37.4 Å². The van der Waals surface area contributed by atoms with Gasteiger partial charge in [0, 0.05) is 5.56 Å². The molecule has 0 aliphatic heterocycles. The zero-order chi connectivity index (χ0) is 23.8. The Labute approximate surface area is 193 Å². The van der Waals surface area contributed by atoms with Crippen LogP contribution in [0.2, 0.25) is 0 Å². The van der Waals surface area contributed by atoms with E-state index >= 15 is 0 Å². The fourth-order valence-electron chi connectivity index (χ4n) is 3.43. The smallest absolute Gasteiger partial charge is 0.357 e. The van der Waals surface area contributed by atoms with Gasteiger partial charge in [-0.2, -0.15) is 5.10 Å². The zero-order valence-corrected chi connectivity index (χ0v) is 19.3. The fraction of sp³-hybridized carbons (Fsp3) is 0.320. The number of hydrogen-bond acceptors (Lipinski definition) is 7. The van der Waals surface area contributed by atoms with Crippen molar-refractivity contribution in [1.29, 1.82) is 0 Å². The molecule has 0 saturated heterocycles. The Morgan fingerprint density at radius 1 is 0.909 bits per heavy atom. The molecule has 0 aliphatic carbocycles. The average Bonchev–Trinajstić information content (AvgIpc) is 3.26. The Balaban J connectivity index is 2.19. The number of benzene rings is 2. The van der Waals surface area contributed by atoms with E-state index in [0.717, 1.165) is 19.3 Å². The minimum absolute atomic E-state index is 0.00954. The van der Waals surface area contributed by atoms with Gasteiger partial charge in [-0.1, -0.05) is 38.0 Å². The number of methoxy groups -OCH3 is 3. The van der Waals surface area contributed by atoms with Crippen molar-refractivity contribution in [1.82, 2.24) is 9.78 Å². The monoisotopic (exact) mass is 452 g/mol. The van der Waals surface area contributed by atoms with Gasteiger partial charge in [-0.3, -0.25) is 0 Å². The summed E-state index contributed by atoms with van der Waals surface area (Å²) in [6.45, 7) is 2.65. The van der Waals surface area contributed by atoms with Crippen LogP contribution in [0.15, 0.2) is 48.5 Å². The predicted molar refractivity (Wildman–Crippen MR) is 123 cm³/mol. The first kappa shape index (κ1) is 23.8. The summed E-state index contributed by atoms with van der Waals surface area (Å²) < 4.78 is 22.7. The molecule has 0 unspecified atom stereocenters. The summed E-state index contributed by atoms with van der Waals surface area (Å²) in [4.78, 5) is 25.5. The van der Waals surface area contributed by atoms with E-state index < -0.39 is 11.9 Å². The highest BCUT2D eigenvalue weighted by Gasteiger charge is 2.31. The number of carbonyl (C=O) groups is 2. The first-order valence-electron chi connectivity index (χ1n) is 10.7. The highest BCUT2D eigenvalue weighted by molar-refractivity contribution is 6.06. The maximum Gasteiger partial charge on any atom is 0.357 e. The molecule has 1 heterocycles. The molecule has 33 heavy (non-hydrogen) atoms. The molecule has 8 nitrogen and oxygen atoms in total. The van der Waals surface area contributed by atoms with Crippen molar-refractivity contribution in [3.8, 4) is 28.4 Å². The van der Waals surface area contributed by atoms with Gasteiger partial charge >= 0.3 is 11.9 Å². The Morgan fingerprint density at radius 2 is 1.64 bits per heavy atom. The summed E-state index contributed by atoms with van der Waals surface area (Å²) in [6, 6.07) is 14.3. The number of hydrogen-bond donors (Lipinski definition) is 0. The van der Waals surface area contributed by atoms with Crippen LogP contribution in [0, 0.1) is 0 Å². The first-order chi connectivity index (χ1) is 16.0. The van der Waals surface area contributed by atoms with Crippen molar-refractivity contribution in [2.45, 2.75) is 26.2 Å². The van der Waals surface area contributed by atoms with Gasteiger partial charge in [0.1, 0.15) is 11.3 Å². The summed E-state index contributed by atoms with van der Waals surface area (Å²) in [6.07, 6.45) is 3.04. The standard InChI is InChI=1S/C25H28N2O6/c1-5-6-10-15-33-20-16-17(13-14-19(20)30-2)22-21(24(28)31-3)23(25(29)32-4)27(26-22)18-11-8-7-9-12-18/h7-9,11-14,16H,5-6,10,15H2,1-4H3. The lowest BCUT2D eigenvalue weighted by atomic mass is 10.0. The molecule has 0 bridgehead atoms. The normalized spacial score (nSPS) is 10.5. The van der Waals surface area contributed by atoms with Crippen LogP contribution in [0.4, 0.5) is 0 Å². The highest BCUT2D eigenvalue weighted by Crippen LogP contribution is 2.35. The largest absolute Gasteiger partial charge is 0.493 e. The molecule has 0 atom stereocenters. The van der Waals surface area contributed by atoms with Crippen molar-refractivity contribution in [2.24, 2.45) is 0 Å². The van der Waals surface area contributed by atoms with Gasteiger partial charge in [-0.15, -0.1) is 0 Å². The third kappa shape index (κ3) is 5.16. The maximum atomic E-state index is 12.8. The van der Waals surface area contributed by atoms with E-state index in [2.05, 4.69) is 12.0 Å². The Kier molecular flexibility index (Phi) is 8.07. The number of nitrogens with zero attached hydrogens (tertiary/aromatic N) is 2. The second-order valence-corrected chi connectivity index (χ2v) is 7.22. The summed E-state index contributed by atoms with van der Waals surface area (Å²) in [5.41, 5.74) is 1.43. The highest BCUT2D eigenvalue weighted by atomic mass is 16.5. The van der Waals surface area contributed by atoms with Gasteiger partial charge in [0.25, 0.3) is 0 Å². The van der Waals surface area contributed by atoms with E-state index in [-0.39, 0.29) is 17.0 Å². The number of unbranched alkanes of at least 4 members (excludes halogenated alkanes) is 2. The predicted octanol–water partition coefficient (Wildman–Crippen LogP) is 4.69. The summed E-state index contributed by atoms with van der Waals surface area (Å²) >= 11 is 0. The van der Waals surface area contributed by atoms with Crippen LogP contribution in [0.5, 0.6) is 11.5 Å². The van der Waals surface area contributed by atoms with Gasteiger partial charge in [0.15, 0.2) is 17.2 Å². The van der Waals surface area contributed by atoms with E-state index in [4.69, 9.17) is 18.9 Å². The molecular weight excluding hydrogens is 424 g/mol. The number of carbonyl (C=O) groups excluding carboxylic acids is 2. The SMILES string of the molecule is CCCCCOc1cc(-c2nn(-c3ccccc3)c(C(=O)OC)c2C(=O)OC)ccc1OC. The lowest BCUT2D eigenvalue weighted by Crippen LogP contribution is -2.15. The average molecular weight is 453 g/mol. The van der Waals surface area contributed by atoms with E-state index in [0.29, 0.717) is 29.4 Å². The quantitative estimate of drug-likeness (QED) is 0.326. The van der Waals surface area contributed by atoms with Crippen LogP contribution in [0.25, 0.3) is 16.9 Å². The third-order valence-electron chi connectivity index (χ3n) is 5.10. The van der Waals surface area contributed by atoms with Crippen molar-refractivity contribution in [2.75, 3.05) is 27.9 Å². The number of esters is 2. The van der Waals surface area contributed by atoms with Crippen LogP contribution < -0.4 is 9.47 Å². The van der Waals surface area contributed by atoms with Gasteiger partial charge in [0.2, 0.25) is 0 Å². The molecule has 0 fully saturated rings. The van der Waals surface area contributed by atoms with Crippen LogP contribution in [0.1, 0.15) is 47.0 Å². The van der Waals surface area contributed by atoms with Crippen molar-refractivity contribution in [3.63, 3.8) is 0 Å². The lowest BCUT2D eigenvalue weighted by molar-refractivity contribution is 0.0549. The van der Waals surface area contributed by atoms with E-state index in [1.807, 2.05) is 18.2 Å². The Hall–Kier alpha value is -3.81. The Bertz CT molecular complexity index is 1110. The third-order valence-corrected chi connectivity index (χ3v) is 5.10. The molecule has 0 amide bonds. The van der Waals surface area contributed by atoms with Crippen LogP contribution >= 0.6 is 0 Å². The number of para-hydroxylation sites is 1. The summed E-state index contributed by atoms with van der Waals surface area (Å²) in [5.74, 6) is -0.322. The molecule has 8 heteroatoms. The van der Waals surface area contributed by atoms with Gasteiger partial charge in [-0.25, -0.2) is 14.3 Å². The van der Waals surface area contributed by atoms with Gasteiger partial charge < -0.3 is 18.9 Å². The van der Waals surface area contributed by atoms with E-state index in [1.165, 1.54) is 18.9 Å². The second-order valence-electron chi connectivity index (χ2n) is 7.22. The molecule has 2 aromatic carbocycles. The van der Waals surface area contributed by atoms with Crippen LogP contribution in [-0.2, 0) is 9.47 Å². The number of rotatable bonds is 10.